The van der Waals surface area contributed by atoms with Crippen molar-refractivity contribution >= 4 is 0 Å². The Labute approximate surface area is 99.2 Å². The van der Waals surface area contributed by atoms with E-state index in [4.69, 9.17) is 5.73 Å². The molecule has 0 bridgehead atoms. The Morgan fingerprint density at radius 1 is 1.50 bits per heavy atom. The molecule has 16 heavy (non-hydrogen) atoms. The van der Waals surface area contributed by atoms with Crippen LogP contribution in [0.5, 0.6) is 0 Å². The number of nitrogens with zero attached hydrogens (tertiary/aromatic N) is 1. The third-order valence-corrected chi connectivity index (χ3v) is 3.91. The fourth-order valence-electron chi connectivity index (χ4n) is 2.46. The van der Waals surface area contributed by atoms with E-state index in [0.29, 0.717) is 6.04 Å². The number of nitrogens with two attached hydrogens (primary N) is 1. The molecule has 0 radical (unpaired) electrons. The van der Waals surface area contributed by atoms with Crippen LogP contribution in [-0.2, 0) is 0 Å². The van der Waals surface area contributed by atoms with Gasteiger partial charge in [0, 0.05) is 18.1 Å². The van der Waals surface area contributed by atoms with Gasteiger partial charge in [-0.05, 0) is 34.1 Å². The van der Waals surface area contributed by atoms with Crippen LogP contribution >= 0.6 is 0 Å². The minimum absolute atomic E-state index is 0.256. The normalized spacial score (nSPS) is 37.3. The van der Waals surface area contributed by atoms with E-state index in [0.717, 1.165) is 19.4 Å². The summed E-state index contributed by atoms with van der Waals surface area (Å²) in [5.41, 5.74) is 5.56. The maximum Gasteiger partial charge on any atom is 0.107 e. The molecule has 0 aliphatic carbocycles. The van der Waals surface area contributed by atoms with Crippen molar-refractivity contribution in [1.29, 1.82) is 0 Å². The molecule has 1 aliphatic heterocycles. The van der Waals surface area contributed by atoms with Gasteiger partial charge >= 0.3 is 0 Å². The van der Waals surface area contributed by atoms with E-state index < -0.39 is 11.9 Å². The van der Waals surface area contributed by atoms with Gasteiger partial charge in [-0.3, -0.25) is 10.2 Å². The molecular weight excluding hydrogens is 202 g/mol. The summed E-state index contributed by atoms with van der Waals surface area (Å²) in [5, 5.41) is 13.6. The molecule has 96 valence electrons. The van der Waals surface area contributed by atoms with Crippen molar-refractivity contribution in [1.82, 2.24) is 10.2 Å². The van der Waals surface area contributed by atoms with Gasteiger partial charge in [0.1, 0.15) is 6.23 Å². The highest BCUT2D eigenvalue weighted by Crippen LogP contribution is 2.31. The monoisotopic (exact) mass is 229 g/mol. The van der Waals surface area contributed by atoms with Crippen LogP contribution in [0.1, 0.15) is 47.5 Å². The summed E-state index contributed by atoms with van der Waals surface area (Å²) in [6.45, 7) is 11.2. The summed E-state index contributed by atoms with van der Waals surface area (Å²) in [5.74, 6) is 0. The van der Waals surface area contributed by atoms with Gasteiger partial charge in [0.05, 0.1) is 5.66 Å². The lowest BCUT2D eigenvalue weighted by Gasteiger charge is -2.56. The minimum atomic E-state index is -0.487. The number of hydrogen-bond donors (Lipinski definition) is 3. The van der Waals surface area contributed by atoms with E-state index in [1.54, 1.807) is 0 Å². The largest absolute Gasteiger partial charge is 0.378 e. The zero-order valence-electron chi connectivity index (χ0n) is 11.2. The van der Waals surface area contributed by atoms with Crippen molar-refractivity contribution in [2.45, 2.75) is 70.9 Å². The first kappa shape index (κ1) is 13.9. The molecule has 0 amide bonds. The SMILES string of the molecule is CCCC(O)N1CC(C)NC(C)(N)C1(C)C. The van der Waals surface area contributed by atoms with Crippen LogP contribution in [0.4, 0.5) is 0 Å². The molecule has 3 atom stereocenters. The molecule has 1 fully saturated rings. The van der Waals surface area contributed by atoms with E-state index in [1.165, 1.54) is 0 Å². The molecule has 0 aromatic carbocycles. The van der Waals surface area contributed by atoms with Gasteiger partial charge in [0.2, 0.25) is 0 Å². The molecule has 1 rings (SSSR count). The standard InChI is InChI=1S/C12H27N3O/c1-6-7-10(16)15-8-9(2)14-12(5,13)11(15,3)4/h9-10,14,16H,6-8,13H2,1-5H3. The van der Waals surface area contributed by atoms with Gasteiger partial charge in [-0.25, -0.2) is 0 Å². The number of aliphatic hydroxyl groups is 1. The van der Waals surface area contributed by atoms with Crippen LogP contribution in [0.2, 0.25) is 0 Å². The smallest absolute Gasteiger partial charge is 0.107 e. The van der Waals surface area contributed by atoms with Gasteiger partial charge in [0.25, 0.3) is 0 Å². The highest BCUT2D eigenvalue weighted by molar-refractivity contribution is 5.06. The van der Waals surface area contributed by atoms with E-state index in [2.05, 4.69) is 37.9 Å². The zero-order valence-corrected chi connectivity index (χ0v) is 11.2. The summed E-state index contributed by atoms with van der Waals surface area (Å²) in [6, 6.07) is 0.300. The number of piperazine rings is 1. The first-order chi connectivity index (χ1) is 7.22. The molecule has 4 nitrogen and oxygen atoms in total. The topological polar surface area (TPSA) is 61.5 Å². The molecule has 4 heteroatoms. The van der Waals surface area contributed by atoms with E-state index in [1.807, 2.05) is 6.92 Å². The fraction of sp³-hybridized carbons (Fsp3) is 1.00. The quantitative estimate of drug-likeness (QED) is 0.671. The molecular formula is C12H27N3O. The van der Waals surface area contributed by atoms with Crippen LogP contribution < -0.4 is 11.1 Å². The maximum atomic E-state index is 10.2. The van der Waals surface area contributed by atoms with Crippen molar-refractivity contribution < 1.29 is 5.11 Å². The van der Waals surface area contributed by atoms with Crippen LogP contribution in [0.15, 0.2) is 0 Å². The van der Waals surface area contributed by atoms with Gasteiger partial charge in [0.15, 0.2) is 0 Å². The number of hydrogen-bond acceptors (Lipinski definition) is 4. The van der Waals surface area contributed by atoms with Gasteiger partial charge in [-0.2, -0.15) is 0 Å². The lowest BCUT2D eigenvalue weighted by atomic mass is 9.83. The third kappa shape index (κ3) is 2.40. The van der Waals surface area contributed by atoms with Crippen LogP contribution in [0.25, 0.3) is 0 Å². The zero-order chi connectivity index (χ0) is 12.6. The summed E-state index contributed by atoms with van der Waals surface area (Å²) in [7, 11) is 0. The van der Waals surface area contributed by atoms with E-state index in [9.17, 15) is 5.11 Å². The second-order valence-corrected chi connectivity index (χ2v) is 5.73. The highest BCUT2D eigenvalue weighted by Gasteiger charge is 2.48. The lowest BCUT2D eigenvalue weighted by Crippen LogP contribution is -2.78. The molecule has 3 unspecified atom stereocenters. The average molecular weight is 229 g/mol. The Hall–Kier alpha value is -0.160. The molecule has 1 aliphatic rings. The lowest BCUT2D eigenvalue weighted by molar-refractivity contribution is -0.120. The second kappa shape index (κ2) is 4.61. The van der Waals surface area contributed by atoms with Gasteiger partial charge in [-0.1, -0.05) is 13.3 Å². The van der Waals surface area contributed by atoms with Crippen LogP contribution in [-0.4, -0.2) is 40.0 Å². The predicted molar refractivity (Wildman–Crippen MR) is 66.9 cm³/mol. The first-order valence-electron chi connectivity index (χ1n) is 6.23. The van der Waals surface area contributed by atoms with Crippen molar-refractivity contribution in [3.8, 4) is 0 Å². The number of aliphatic hydroxyl groups excluding tert-OH is 1. The van der Waals surface area contributed by atoms with Gasteiger partial charge < -0.3 is 10.8 Å². The molecule has 1 saturated heterocycles. The fourth-order valence-corrected chi connectivity index (χ4v) is 2.46. The second-order valence-electron chi connectivity index (χ2n) is 5.73. The maximum absolute atomic E-state index is 10.2. The molecule has 0 aromatic heterocycles. The molecule has 1 heterocycles. The summed E-state index contributed by atoms with van der Waals surface area (Å²) in [4.78, 5) is 2.12. The Morgan fingerprint density at radius 3 is 2.56 bits per heavy atom. The Kier molecular flexibility index (Phi) is 4.00. The summed E-state index contributed by atoms with van der Waals surface area (Å²) < 4.78 is 0. The number of rotatable bonds is 3. The first-order valence-corrected chi connectivity index (χ1v) is 6.23. The minimum Gasteiger partial charge on any atom is -0.378 e. The highest BCUT2D eigenvalue weighted by atomic mass is 16.3. The van der Waals surface area contributed by atoms with Crippen molar-refractivity contribution in [2.24, 2.45) is 5.73 Å². The average Bonchev–Trinajstić information content (AvgIpc) is 2.11. The molecule has 0 spiro atoms. The van der Waals surface area contributed by atoms with E-state index >= 15 is 0 Å². The van der Waals surface area contributed by atoms with Crippen molar-refractivity contribution in [3.05, 3.63) is 0 Å². The Morgan fingerprint density at radius 2 is 2.06 bits per heavy atom. The Balaban J connectivity index is 2.89. The van der Waals surface area contributed by atoms with Crippen LogP contribution in [0, 0.1) is 0 Å². The van der Waals surface area contributed by atoms with E-state index in [-0.39, 0.29) is 5.54 Å². The molecule has 0 aromatic rings. The number of nitrogens with one attached hydrogen (secondary N) is 1. The summed E-state index contributed by atoms with van der Waals surface area (Å²) >= 11 is 0. The van der Waals surface area contributed by atoms with Crippen molar-refractivity contribution in [3.63, 3.8) is 0 Å². The van der Waals surface area contributed by atoms with Gasteiger partial charge in [-0.15, -0.1) is 0 Å². The Bertz CT molecular complexity index is 240. The van der Waals surface area contributed by atoms with Crippen LogP contribution in [0.3, 0.4) is 0 Å². The predicted octanol–water partition coefficient (Wildman–Crippen LogP) is 0.852. The molecule has 0 saturated carbocycles. The summed E-state index contributed by atoms with van der Waals surface area (Å²) in [6.07, 6.45) is 1.38. The van der Waals surface area contributed by atoms with Crippen molar-refractivity contribution in [2.75, 3.05) is 6.54 Å². The molecule has 4 N–H and O–H groups in total. The third-order valence-electron chi connectivity index (χ3n) is 3.91.